The zero-order chi connectivity index (χ0) is 19.7. The number of hydrogen-bond donors (Lipinski definition) is 0. The molecule has 0 spiro atoms. The van der Waals surface area contributed by atoms with Crippen molar-refractivity contribution in [2.45, 2.75) is 19.3 Å². The number of hydrogen-bond acceptors (Lipinski definition) is 6. The third-order valence-corrected chi connectivity index (χ3v) is 4.94. The van der Waals surface area contributed by atoms with Crippen LogP contribution in [0.15, 0.2) is 39.6 Å². The van der Waals surface area contributed by atoms with Crippen LogP contribution >= 0.6 is 0 Å². The van der Waals surface area contributed by atoms with Gasteiger partial charge in [-0.15, -0.1) is 0 Å². The van der Waals surface area contributed by atoms with Gasteiger partial charge in [0, 0.05) is 32.3 Å². The van der Waals surface area contributed by atoms with Crippen molar-refractivity contribution in [3.63, 3.8) is 0 Å². The minimum atomic E-state index is -0.544. The van der Waals surface area contributed by atoms with Crippen LogP contribution < -0.4 is 10.5 Å². The van der Waals surface area contributed by atoms with Gasteiger partial charge in [0.05, 0.1) is 0 Å². The smallest absolute Gasteiger partial charge is 0.324 e. The summed E-state index contributed by atoms with van der Waals surface area (Å²) in [5, 5.41) is 8.06. The number of aromatic nitrogens is 4. The summed E-state index contributed by atoms with van der Waals surface area (Å²) in [5.41, 5.74) is 0.921. The van der Waals surface area contributed by atoms with Gasteiger partial charge in [0.1, 0.15) is 17.3 Å². The van der Waals surface area contributed by atoms with Crippen LogP contribution in [0.3, 0.4) is 0 Å². The molecule has 3 heterocycles. The zero-order valence-electron chi connectivity index (χ0n) is 15.3. The molecule has 1 aliphatic heterocycles. The van der Waals surface area contributed by atoms with Crippen LogP contribution in [0.25, 0.3) is 11.5 Å². The van der Waals surface area contributed by atoms with Crippen molar-refractivity contribution in [3.8, 4) is 11.5 Å². The Labute approximate surface area is 159 Å². The van der Waals surface area contributed by atoms with E-state index in [1.165, 1.54) is 22.9 Å². The van der Waals surface area contributed by atoms with E-state index in [0.717, 1.165) is 18.9 Å². The minimum absolute atomic E-state index is 0.215. The van der Waals surface area contributed by atoms with Crippen molar-refractivity contribution < 1.29 is 13.3 Å². The molecule has 9 heteroatoms. The lowest BCUT2D eigenvalue weighted by Crippen LogP contribution is -2.34. The van der Waals surface area contributed by atoms with Gasteiger partial charge in [-0.1, -0.05) is 5.16 Å². The highest BCUT2D eigenvalue weighted by Gasteiger charge is 2.24. The van der Waals surface area contributed by atoms with Crippen LogP contribution in [0.1, 0.15) is 18.4 Å². The van der Waals surface area contributed by atoms with Crippen LogP contribution in [0.4, 0.5) is 14.8 Å². The summed E-state index contributed by atoms with van der Waals surface area (Å²) in [6.45, 7) is 1.43. The van der Waals surface area contributed by atoms with Gasteiger partial charge in [-0.25, -0.2) is 13.5 Å². The van der Waals surface area contributed by atoms with Gasteiger partial charge in [-0.2, -0.15) is 10.1 Å². The average Bonchev–Trinajstić information content (AvgIpc) is 3.14. The van der Waals surface area contributed by atoms with Gasteiger partial charge in [-0.05, 0) is 48.9 Å². The lowest BCUT2D eigenvalue weighted by atomic mass is 9.90. The molecule has 0 radical (unpaired) electrons. The van der Waals surface area contributed by atoms with E-state index in [1.54, 1.807) is 13.1 Å². The molecule has 3 aromatic rings. The van der Waals surface area contributed by atoms with Gasteiger partial charge in [-0.3, -0.25) is 4.79 Å². The van der Waals surface area contributed by atoms with Gasteiger partial charge >= 0.3 is 6.01 Å². The summed E-state index contributed by atoms with van der Waals surface area (Å²) in [4.78, 5) is 17.8. The summed E-state index contributed by atoms with van der Waals surface area (Å²) in [6.07, 6.45) is 2.35. The number of rotatable bonds is 4. The molecule has 1 aromatic carbocycles. The second-order valence-corrected chi connectivity index (χ2v) is 6.99. The molecule has 0 atom stereocenters. The van der Waals surface area contributed by atoms with Crippen molar-refractivity contribution >= 4 is 6.01 Å². The lowest BCUT2D eigenvalue weighted by Gasteiger charge is -2.30. The number of benzene rings is 1. The van der Waals surface area contributed by atoms with Crippen LogP contribution in [0.5, 0.6) is 0 Å². The Morgan fingerprint density at radius 2 is 1.86 bits per heavy atom. The van der Waals surface area contributed by atoms with E-state index in [-0.39, 0.29) is 5.56 Å². The molecule has 0 amide bonds. The monoisotopic (exact) mass is 387 g/mol. The summed E-state index contributed by atoms with van der Waals surface area (Å²) < 4.78 is 33.3. The number of piperidine rings is 1. The first-order valence-electron chi connectivity index (χ1n) is 9.06. The predicted octanol–water partition coefficient (Wildman–Crippen LogP) is 2.57. The number of anilines is 1. The molecular formula is C19H19F2N5O2. The first-order chi connectivity index (χ1) is 13.5. The van der Waals surface area contributed by atoms with E-state index in [0.29, 0.717) is 48.5 Å². The molecule has 0 unspecified atom stereocenters. The molecule has 0 N–H and O–H groups in total. The van der Waals surface area contributed by atoms with Gasteiger partial charge in [0.2, 0.25) is 5.82 Å². The third kappa shape index (κ3) is 3.92. The van der Waals surface area contributed by atoms with Crippen molar-refractivity contribution in [2.75, 3.05) is 18.0 Å². The maximum Gasteiger partial charge on any atom is 0.324 e. The standard InChI is InChI=1S/C19H19F2N5O2/c1-25-17(27)3-2-16(23-25)18-22-19(28-24-18)26-6-4-12(5-7-26)8-13-9-14(20)11-15(21)10-13/h2-3,9-12H,4-8H2,1H3. The zero-order valence-corrected chi connectivity index (χ0v) is 15.3. The molecule has 0 bridgehead atoms. The van der Waals surface area contributed by atoms with Crippen LogP contribution in [-0.4, -0.2) is 33.0 Å². The van der Waals surface area contributed by atoms with Crippen LogP contribution in [0.2, 0.25) is 0 Å². The summed E-state index contributed by atoms with van der Waals surface area (Å²) in [6, 6.07) is 7.03. The molecule has 0 saturated carbocycles. The van der Waals surface area contributed by atoms with Gasteiger partial charge in [0.15, 0.2) is 0 Å². The van der Waals surface area contributed by atoms with Crippen LogP contribution in [0, 0.1) is 17.6 Å². The minimum Gasteiger partial charge on any atom is -0.324 e. The van der Waals surface area contributed by atoms with Gasteiger partial charge < -0.3 is 9.42 Å². The Bertz CT molecular complexity index is 1020. The molecule has 1 aliphatic rings. The van der Waals surface area contributed by atoms with E-state index in [4.69, 9.17) is 4.52 Å². The molecular weight excluding hydrogens is 368 g/mol. The molecule has 1 fully saturated rings. The normalized spacial score (nSPS) is 15.2. The van der Waals surface area contributed by atoms with Gasteiger partial charge in [0.25, 0.3) is 5.56 Å². The quantitative estimate of drug-likeness (QED) is 0.685. The molecule has 7 nitrogen and oxygen atoms in total. The maximum atomic E-state index is 13.4. The van der Waals surface area contributed by atoms with Crippen molar-refractivity contribution in [1.82, 2.24) is 19.9 Å². The van der Waals surface area contributed by atoms with Crippen molar-refractivity contribution in [2.24, 2.45) is 13.0 Å². The molecule has 1 saturated heterocycles. The highest BCUT2D eigenvalue weighted by molar-refractivity contribution is 5.49. The predicted molar refractivity (Wildman–Crippen MR) is 97.8 cm³/mol. The Balaban J connectivity index is 1.39. The lowest BCUT2D eigenvalue weighted by molar-refractivity contribution is 0.362. The first kappa shape index (κ1) is 18.3. The fraction of sp³-hybridized carbons (Fsp3) is 0.368. The summed E-state index contributed by atoms with van der Waals surface area (Å²) >= 11 is 0. The molecule has 146 valence electrons. The first-order valence-corrected chi connectivity index (χ1v) is 9.06. The highest BCUT2D eigenvalue weighted by Crippen LogP contribution is 2.26. The summed E-state index contributed by atoms with van der Waals surface area (Å²) in [7, 11) is 1.56. The number of halogens is 2. The topological polar surface area (TPSA) is 77.1 Å². The second-order valence-electron chi connectivity index (χ2n) is 6.99. The van der Waals surface area contributed by atoms with E-state index in [1.807, 2.05) is 4.90 Å². The average molecular weight is 387 g/mol. The number of nitrogens with zero attached hydrogens (tertiary/aromatic N) is 5. The molecule has 4 rings (SSSR count). The Kier molecular flexibility index (Phi) is 4.89. The van der Waals surface area contributed by atoms with E-state index in [9.17, 15) is 13.6 Å². The summed E-state index contributed by atoms with van der Waals surface area (Å²) in [5.74, 6) is -0.427. The molecule has 2 aromatic heterocycles. The Morgan fingerprint density at radius 1 is 1.14 bits per heavy atom. The Hall–Kier alpha value is -3.10. The van der Waals surface area contributed by atoms with Crippen molar-refractivity contribution in [1.29, 1.82) is 0 Å². The highest BCUT2D eigenvalue weighted by atomic mass is 19.1. The van der Waals surface area contributed by atoms with E-state index in [2.05, 4.69) is 15.2 Å². The second kappa shape index (κ2) is 7.49. The fourth-order valence-electron chi connectivity index (χ4n) is 3.46. The fourth-order valence-corrected chi connectivity index (χ4v) is 3.46. The SMILES string of the molecule is Cn1nc(-c2noc(N3CCC(Cc4cc(F)cc(F)c4)CC3)n2)ccc1=O. The maximum absolute atomic E-state index is 13.4. The van der Waals surface area contributed by atoms with Crippen LogP contribution in [-0.2, 0) is 13.5 Å². The van der Waals surface area contributed by atoms with E-state index >= 15 is 0 Å². The largest absolute Gasteiger partial charge is 0.324 e. The molecule has 28 heavy (non-hydrogen) atoms. The molecule has 0 aliphatic carbocycles. The Morgan fingerprint density at radius 3 is 2.54 bits per heavy atom. The van der Waals surface area contributed by atoms with Crippen molar-refractivity contribution in [3.05, 3.63) is 57.9 Å². The van der Waals surface area contributed by atoms with E-state index < -0.39 is 11.6 Å². The third-order valence-electron chi connectivity index (χ3n) is 4.94. The number of aryl methyl sites for hydroxylation is 1.